The average Bonchev–Trinajstić information content (AvgIpc) is 3.16. The van der Waals surface area contributed by atoms with Crippen molar-refractivity contribution in [3.8, 4) is 0 Å². The number of oxime groups is 1. The molecule has 2 rings (SSSR count). The van der Waals surface area contributed by atoms with E-state index in [1.54, 1.807) is 13.8 Å². The number of rotatable bonds is 7. The fourth-order valence-corrected chi connectivity index (χ4v) is 2.13. The Morgan fingerprint density at radius 2 is 1.58 bits per heavy atom. The molecule has 0 amide bonds. The molecule has 7 nitrogen and oxygen atoms in total. The van der Waals surface area contributed by atoms with E-state index in [1.807, 2.05) is 65.0 Å². The van der Waals surface area contributed by atoms with Gasteiger partial charge in [0.15, 0.2) is 0 Å². The molecule has 1 fully saturated rings. The number of hydrogen-bond acceptors (Lipinski definition) is 7. The zero-order chi connectivity index (χ0) is 23.7. The van der Waals surface area contributed by atoms with E-state index in [1.165, 1.54) is 0 Å². The molecule has 7 heteroatoms. The van der Waals surface area contributed by atoms with Crippen LogP contribution < -0.4 is 0 Å². The van der Waals surface area contributed by atoms with Crippen LogP contribution in [0.3, 0.4) is 0 Å². The van der Waals surface area contributed by atoms with Crippen LogP contribution in [0, 0.1) is 10.8 Å². The quantitative estimate of drug-likeness (QED) is 0.269. The molecule has 1 saturated heterocycles. The molecular formula is C24H35NO6. The largest absolute Gasteiger partial charge is 0.463 e. The first kappa shape index (κ1) is 26.3. The Kier molecular flexibility index (Phi) is 9.88. The van der Waals surface area contributed by atoms with Crippen molar-refractivity contribution in [1.82, 2.24) is 0 Å². The third-order valence-corrected chi connectivity index (χ3v) is 5.47. The van der Waals surface area contributed by atoms with Crippen LogP contribution in [-0.2, 0) is 28.7 Å². The van der Waals surface area contributed by atoms with Crippen LogP contribution in [0.5, 0.6) is 0 Å². The van der Waals surface area contributed by atoms with Gasteiger partial charge in [0.25, 0.3) is 0 Å². The Morgan fingerprint density at radius 3 is 2.06 bits per heavy atom. The molecule has 0 aromatic heterocycles. The van der Waals surface area contributed by atoms with Crippen molar-refractivity contribution in [2.75, 3.05) is 6.61 Å². The smallest absolute Gasteiger partial charge is 0.347 e. The molecule has 31 heavy (non-hydrogen) atoms. The third kappa shape index (κ3) is 8.15. The summed E-state index contributed by atoms with van der Waals surface area (Å²) in [7, 11) is 0. The van der Waals surface area contributed by atoms with Crippen LogP contribution in [0.2, 0.25) is 0 Å². The van der Waals surface area contributed by atoms with E-state index in [9.17, 15) is 14.4 Å². The number of esters is 2. The topological polar surface area (TPSA) is 91.3 Å². The first-order chi connectivity index (χ1) is 14.4. The number of carbonyl (C=O) groups excluding carboxylic acids is 3. The summed E-state index contributed by atoms with van der Waals surface area (Å²) in [6.07, 6.45) is 1.21. The van der Waals surface area contributed by atoms with Crippen LogP contribution in [0.15, 0.2) is 35.5 Å². The lowest BCUT2D eigenvalue weighted by atomic mass is 9.90. The minimum Gasteiger partial charge on any atom is -0.463 e. The number of ether oxygens (including phenoxy) is 2. The maximum atomic E-state index is 11.7. The van der Waals surface area contributed by atoms with Gasteiger partial charge in [-0.15, -0.1) is 0 Å². The maximum absolute atomic E-state index is 11.7. The van der Waals surface area contributed by atoms with Gasteiger partial charge in [-0.1, -0.05) is 49.3 Å². The molecule has 1 aromatic carbocycles. The highest BCUT2D eigenvalue weighted by molar-refractivity contribution is 5.98. The molecule has 1 aliphatic rings. The Hall–Kier alpha value is -2.70. The SMILES string of the molecule is CCC(C)(C)C(=O)O/N=C(/C)c1ccccc1.CCC(C)(C)C(=O)OC1CCOC1=O. The number of carbonyl (C=O) groups is 3. The normalized spacial score (nSPS) is 16.7. The lowest BCUT2D eigenvalue weighted by Crippen LogP contribution is -2.32. The molecule has 1 atom stereocenters. The van der Waals surface area contributed by atoms with Crippen molar-refractivity contribution < 1.29 is 28.7 Å². The summed E-state index contributed by atoms with van der Waals surface area (Å²) in [4.78, 5) is 39.3. The molecule has 1 heterocycles. The molecule has 0 radical (unpaired) electrons. The molecule has 1 aliphatic heterocycles. The number of cyclic esters (lactones) is 1. The van der Waals surface area contributed by atoms with Crippen molar-refractivity contribution in [2.24, 2.45) is 16.0 Å². The van der Waals surface area contributed by atoms with E-state index in [0.29, 0.717) is 25.2 Å². The fourth-order valence-electron chi connectivity index (χ4n) is 2.13. The maximum Gasteiger partial charge on any atom is 0.347 e. The van der Waals surface area contributed by atoms with E-state index in [0.717, 1.165) is 12.0 Å². The second kappa shape index (κ2) is 11.6. The zero-order valence-electron chi connectivity index (χ0n) is 19.7. The molecule has 0 saturated carbocycles. The van der Waals surface area contributed by atoms with Gasteiger partial charge < -0.3 is 14.3 Å². The van der Waals surface area contributed by atoms with Crippen LogP contribution in [0.4, 0.5) is 0 Å². The Balaban J connectivity index is 0.000000316. The molecule has 172 valence electrons. The zero-order valence-corrected chi connectivity index (χ0v) is 19.7. The minimum absolute atomic E-state index is 0.296. The van der Waals surface area contributed by atoms with Crippen molar-refractivity contribution in [1.29, 1.82) is 0 Å². The number of benzene rings is 1. The summed E-state index contributed by atoms with van der Waals surface area (Å²) in [6, 6.07) is 9.64. The standard InChI is InChI=1S/C14H19NO2.C10H16O4/c1-5-14(3,4)13(16)17-15-11(2)12-9-7-6-8-10-12;1-4-10(2,3)9(12)14-7-5-6-13-8(7)11/h6-10H,5H2,1-4H3;7H,4-6H2,1-3H3/b15-11-;. The Labute approximate surface area is 185 Å². The van der Waals surface area contributed by atoms with Gasteiger partial charge in [0.2, 0.25) is 6.10 Å². The predicted molar refractivity (Wildman–Crippen MR) is 118 cm³/mol. The second-order valence-electron chi connectivity index (χ2n) is 8.75. The highest BCUT2D eigenvalue weighted by Gasteiger charge is 2.35. The van der Waals surface area contributed by atoms with E-state index < -0.39 is 22.9 Å². The first-order valence-corrected chi connectivity index (χ1v) is 10.6. The molecule has 0 aliphatic carbocycles. The van der Waals surface area contributed by atoms with Gasteiger partial charge in [-0.3, -0.25) is 4.79 Å². The molecule has 0 bridgehead atoms. The van der Waals surface area contributed by atoms with Crippen LogP contribution in [0.25, 0.3) is 0 Å². The highest BCUT2D eigenvalue weighted by atomic mass is 16.7. The molecule has 0 spiro atoms. The molecular weight excluding hydrogens is 398 g/mol. The lowest BCUT2D eigenvalue weighted by Gasteiger charge is -2.21. The first-order valence-electron chi connectivity index (χ1n) is 10.6. The summed E-state index contributed by atoms with van der Waals surface area (Å²) >= 11 is 0. The third-order valence-electron chi connectivity index (χ3n) is 5.47. The van der Waals surface area contributed by atoms with Crippen molar-refractivity contribution in [3.63, 3.8) is 0 Å². The highest BCUT2D eigenvalue weighted by Crippen LogP contribution is 2.24. The van der Waals surface area contributed by atoms with Crippen molar-refractivity contribution >= 4 is 23.6 Å². The summed E-state index contributed by atoms with van der Waals surface area (Å²) in [5.41, 5.74) is 0.643. The van der Waals surface area contributed by atoms with Gasteiger partial charge >= 0.3 is 17.9 Å². The molecule has 1 unspecified atom stereocenters. The van der Waals surface area contributed by atoms with Gasteiger partial charge in [-0.25, -0.2) is 9.59 Å². The minimum atomic E-state index is -0.687. The molecule has 0 N–H and O–H groups in total. The summed E-state index contributed by atoms with van der Waals surface area (Å²) in [6.45, 7) is 13.3. The van der Waals surface area contributed by atoms with Gasteiger partial charge in [0, 0.05) is 6.42 Å². The van der Waals surface area contributed by atoms with Crippen LogP contribution in [0.1, 0.15) is 73.3 Å². The predicted octanol–water partition coefficient (Wildman–Crippen LogP) is 4.67. The van der Waals surface area contributed by atoms with Gasteiger partial charge in [-0.05, 0) is 53.0 Å². The van der Waals surface area contributed by atoms with E-state index in [2.05, 4.69) is 5.16 Å². The van der Waals surface area contributed by atoms with Crippen molar-refractivity contribution in [3.05, 3.63) is 35.9 Å². The number of hydrogen-bond donors (Lipinski definition) is 0. The number of nitrogens with zero attached hydrogens (tertiary/aromatic N) is 1. The van der Waals surface area contributed by atoms with Crippen molar-refractivity contribution in [2.45, 2.75) is 73.8 Å². The summed E-state index contributed by atoms with van der Waals surface area (Å²) in [5.74, 6) is -1.05. The second-order valence-corrected chi connectivity index (χ2v) is 8.75. The van der Waals surface area contributed by atoms with E-state index in [-0.39, 0.29) is 11.9 Å². The van der Waals surface area contributed by atoms with Crippen LogP contribution >= 0.6 is 0 Å². The van der Waals surface area contributed by atoms with Gasteiger partial charge in [0.1, 0.15) is 0 Å². The van der Waals surface area contributed by atoms with Gasteiger partial charge in [-0.2, -0.15) is 0 Å². The summed E-state index contributed by atoms with van der Waals surface area (Å²) < 4.78 is 9.76. The Morgan fingerprint density at radius 1 is 1.03 bits per heavy atom. The average molecular weight is 434 g/mol. The van der Waals surface area contributed by atoms with E-state index in [4.69, 9.17) is 14.3 Å². The van der Waals surface area contributed by atoms with Gasteiger partial charge in [0.05, 0.1) is 23.1 Å². The van der Waals surface area contributed by atoms with Crippen LogP contribution in [-0.4, -0.2) is 36.3 Å². The monoisotopic (exact) mass is 433 g/mol. The fraction of sp³-hybridized carbons (Fsp3) is 0.583. The molecule has 1 aromatic rings. The summed E-state index contributed by atoms with van der Waals surface area (Å²) in [5, 5.41) is 3.88. The Bertz CT molecular complexity index is 783. The van der Waals surface area contributed by atoms with E-state index >= 15 is 0 Å². The lowest BCUT2D eigenvalue weighted by molar-refractivity contribution is -0.167.